The van der Waals surface area contributed by atoms with E-state index >= 15 is 0 Å². The Morgan fingerprint density at radius 2 is 1.46 bits per heavy atom. The van der Waals surface area contributed by atoms with Crippen LogP contribution < -0.4 is 24.8 Å². The highest BCUT2D eigenvalue weighted by atomic mass is 32.1. The molecule has 1 saturated heterocycles. The number of amides is 3. The number of likely N-dealkylation sites (tertiary alicyclic amines) is 1. The zero-order chi connectivity index (χ0) is 48.2. The number of aryl methyl sites for hydroxylation is 1. The molecule has 360 valence electrons. The van der Waals surface area contributed by atoms with Gasteiger partial charge in [0, 0.05) is 29.6 Å². The molecule has 3 amide bonds. The van der Waals surface area contributed by atoms with Crippen LogP contribution in [0.5, 0.6) is 28.7 Å². The van der Waals surface area contributed by atoms with Gasteiger partial charge in [0.2, 0.25) is 17.7 Å². The third kappa shape index (κ3) is 13.1. The Morgan fingerprint density at radius 3 is 2.12 bits per heavy atom. The fraction of sp³-hybridized carbons (Fsp3) is 0.373. The zero-order valence-electron chi connectivity index (χ0n) is 38.8. The number of phenolic OH excluding ortho intramolecular Hbond substituents is 1. The van der Waals surface area contributed by atoms with Crippen LogP contribution in [0.1, 0.15) is 38.4 Å². The van der Waals surface area contributed by atoms with E-state index in [-0.39, 0.29) is 51.0 Å². The second kappa shape index (κ2) is 23.3. The van der Waals surface area contributed by atoms with Crippen LogP contribution in [0.3, 0.4) is 0 Å². The number of ether oxygens (including phenoxy) is 6. The Labute approximate surface area is 403 Å². The molecule has 17 heteroatoms. The molecule has 1 fully saturated rings. The number of carbonyl (C=O) groups is 3. The van der Waals surface area contributed by atoms with E-state index in [0.717, 1.165) is 48.0 Å². The number of carbonyl (C=O) groups excluding carboxylic acids is 3. The lowest BCUT2D eigenvalue weighted by Gasteiger charge is -2.35. The number of aromatic nitrogens is 1. The van der Waals surface area contributed by atoms with E-state index < -0.39 is 35.4 Å². The van der Waals surface area contributed by atoms with Crippen molar-refractivity contribution in [2.45, 2.75) is 58.8 Å². The largest absolute Gasteiger partial charge is 0.508 e. The van der Waals surface area contributed by atoms with Gasteiger partial charge in [-0.3, -0.25) is 14.4 Å². The molecule has 0 radical (unpaired) electrons. The summed E-state index contributed by atoms with van der Waals surface area (Å²) in [4.78, 5) is 48.0. The van der Waals surface area contributed by atoms with E-state index in [9.17, 15) is 24.6 Å². The van der Waals surface area contributed by atoms with E-state index in [1.54, 1.807) is 41.9 Å². The number of nitrogens with zero attached hydrogens (tertiary/aromatic N) is 2. The van der Waals surface area contributed by atoms with Crippen LogP contribution in [0.4, 0.5) is 0 Å². The highest BCUT2D eigenvalue weighted by Crippen LogP contribution is 2.47. The molecule has 3 heterocycles. The summed E-state index contributed by atoms with van der Waals surface area (Å²) < 4.78 is 35.5. The molecule has 4 aromatic carbocycles. The van der Waals surface area contributed by atoms with Gasteiger partial charge >= 0.3 is 0 Å². The summed E-state index contributed by atoms with van der Waals surface area (Å²) in [5.74, 6) is 1.66. The minimum absolute atomic E-state index is 0.0195. The Balaban J connectivity index is 0.774. The number of benzene rings is 4. The Hall–Kier alpha value is -6.08. The number of aliphatic hydroxyl groups excluding tert-OH is 1. The van der Waals surface area contributed by atoms with E-state index in [1.165, 1.54) is 4.90 Å². The number of rotatable bonds is 22. The SMILES string of the molecule is COc1ccc2c(Oc3ccc(OCCOCCOCCOCC(=O)N[C@H](C(=O)N4C[C@H](O)C[C@H]4C(=O)NCc4ccc(-c5scnc5C)cc4)C(C)(C)C)cc3)c(-c3ccc(O)cc3)sc2c1. The minimum atomic E-state index is -0.970. The maximum atomic E-state index is 13.9. The van der Waals surface area contributed by atoms with Crippen molar-refractivity contribution >= 4 is 50.5 Å². The Bertz CT molecular complexity index is 2610. The topological polar surface area (TPSA) is 187 Å². The average Bonchev–Trinajstić information content (AvgIpc) is 4.05. The summed E-state index contributed by atoms with van der Waals surface area (Å²) in [5.41, 5.74) is 4.93. The molecule has 15 nitrogen and oxygen atoms in total. The van der Waals surface area contributed by atoms with Crippen molar-refractivity contribution in [1.29, 1.82) is 0 Å². The van der Waals surface area contributed by atoms with Crippen LogP contribution in [0.2, 0.25) is 0 Å². The highest BCUT2D eigenvalue weighted by Gasteiger charge is 2.44. The molecule has 68 heavy (non-hydrogen) atoms. The van der Waals surface area contributed by atoms with Crippen LogP contribution in [0.15, 0.2) is 96.5 Å². The van der Waals surface area contributed by atoms with Gasteiger partial charge in [0.25, 0.3) is 0 Å². The molecular formula is C51H58N4O11S2. The minimum Gasteiger partial charge on any atom is -0.508 e. The maximum Gasteiger partial charge on any atom is 0.246 e. The molecule has 0 aliphatic carbocycles. The van der Waals surface area contributed by atoms with E-state index in [0.29, 0.717) is 43.7 Å². The van der Waals surface area contributed by atoms with Gasteiger partial charge in [-0.2, -0.15) is 0 Å². The Morgan fingerprint density at radius 1 is 0.824 bits per heavy atom. The summed E-state index contributed by atoms with van der Waals surface area (Å²) in [6.07, 6.45) is -0.780. The maximum absolute atomic E-state index is 13.9. The third-order valence-electron chi connectivity index (χ3n) is 11.2. The molecule has 0 saturated carbocycles. The van der Waals surface area contributed by atoms with Gasteiger partial charge in [-0.1, -0.05) is 45.0 Å². The number of aliphatic hydroxyl groups is 1. The van der Waals surface area contributed by atoms with Crippen molar-refractivity contribution in [2.75, 3.05) is 59.9 Å². The number of phenols is 1. The number of thiazole rings is 1. The number of hydrogen-bond donors (Lipinski definition) is 4. The molecule has 6 aromatic rings. The number of nitrogens with one attached hydrogen (secondary N) is 2. The zero-order valence-corrected chi connectivity index (χ0v) is 40.5. The molecule has 2 aromatic heterocycles. The first kappa shape index (κ1) is 49.8. The fourth-order valence-corrected chi connectivity index (χ4v) is 9.59. The van der Waals surface area contributed by atoms with Crippen molar-refractivity contribution < 1.29 is 53.0 Å². The van der Waals surface area contributed by atoms with Crippen molar-refractivity contribution in [2.24, 2.45) is 5.41 Å². The number of methoxy groups -OCH3 is 1. The molecule has 4 N–H and O–H groups in total. The standard InChI is InChI=1S/C51H58N4O11S2/c1-32-46(67-31-53-32)34-8-6-33(7-9-34)28-52-49(59)42-26-37(57)29-55(42)50(60)48(51(2,3)4)54-44(58)30-64-23-22-62-20-21-63-24-25-65-38-14-16-39(17-15-38)66-45-41-19-18-40(61-5)27-43(41)68-47(45)35-10-12-36(56)13-11-35/h6-19,27,31,37,42,48,56-57H,20-26,28-30H2,1-5H3,(H,52,59)(H,54,58)/t37-,42+,48-/m1/s1. The quantitative estimate of drug-likeness (QED) is 0.0486. The first-order valence-corrected chi connectivity index (χ1v) is 24.1. The number of aromatic hydroxyl groups is 1. The molecule has 0 spiro atoms. The van der Waals surface area contributed by atoms with Gasteiger partial charge in [-0.05, 0) is 95.8 Å². The number of thiophene rings is 1. The number of β-amino-alcohol motifs (C(OH)–C–C–N with tert-alkyl or cyclic N) is 1. The monoisotopic (exact) mass is 966 g/mol. The van der Waals surface area contributed by atoms with Gasteiger partial charge < -0.3 is 54.2 Å². The van der Waals surface area contributed by atoms with Gasteiger partial charge in [-0.15, -0.1) is 22.7 Å². The van der Waals surface area contributed by atoms with Crippen molar-refractivity contribution in [3.8, 4) is 49.6 Å². The summed E-state index contributed by atoms with van der Waals surface area (Å²) in [5, 5.41) is 27.1. The second-order valence-corrected chi connectivity index (χ2v) is 19.2. The molecule has 7 rings (SSSR count). The Kier molecular flexibility index (Phi) is 17.1. The molecule has 3 atom stereocenters. The lowest BCUT2D eigenvalue weighted by atomic mass is 9.85. The van der Waals surface area contributed by atoms with Gasteiger partial charge in [0.15, 0.2) is 5.75 Å². The van der Waals surface area contributed by atoms with E-state index in [4.69, 9.17) is 28.4 Å². The summed E-state index contributed by atoms with van der Waals surface area (Å²) in [6.45, 7) is 9.09. The fourth-order valence-electron chi connectivity index (χ4n) is 7.61. The smallest absolute Gasteiger partial charge is 0.246 e. The van der Waals surface area contributed by atoms with E-state index in [2.05, 4.69) is 15.6 Å². The highest BCUT2D eigenvalue weighted by molar-refractivity contribution is 7.22. The first-order valence-electron chi connectivity index (χ1n) is 22.4. The van der Waals surface area contributed by atoms with Gasteiger partial charge in [0.05, 0.1) is 67.2 Å². The number of hydrogen-bond acceptors (Lipinski definition) is 14. The molecular weight excluding hydrogens is 909 g/mol. The molecule has 0 unspecified atom stereocenters. The predicted octanol–water partition coefficient (Wildman–Crippen LogP) is 7.74. The van der Waals surface area contributed by atoms with Crippen LogP contribution in [-0.2, 0) is 35.1 Å². The molecule has 1 aliphatic heterocycles. The third-order valence-corrected chi connectivity index (χ3v) is 13.4. The normalized spacial score (nSPS) is 15.3. The lowest BCUT2D eigenvalue weighted by Crippen LogP contribution is -2.58. The van der Waals surface area contributed by atoms with Crippen molar-refractivity contribution in [3.05, 3.63) is 108 Å². The molecule has 0 bridgehead atoms. The lowest BCUT2D eigenvalue weighted by molar-refractivity contribution is -0.144. The van der Waals surface area contributed by atoms with Crippen LogP contribution >= 0.6 is 22.7 Å². The predicted molar refractivity (Wildman–Crippen MR) is 262 cm³/mol. The van der Waals surface area contributed by atoms with Crippen LogP contribution in [0.25, 0.3) is 31.0 Å². The molecule has 1 aliphatic rings. The van der Waals surface area contributed by atoms with Crippen molar-refractivity contribution in [1.82, 2.24) is 20.5 Å². The van der Waals surface area contributed by atoms with Crippen LogP contribution in [-0.4, -0.2) is 116 Å². The summed E-state index contributed by atoms with van der Waals surface area (Å²) in [6, 6.07) is 26.3. The summed E-state index contributed by atoms with van der Waals surface area (Å²) in [7, 11) is 1.64. The van der Waals surface area contributed by atoms with Gasteiger partial charge in [-0.25, -0.2) is 4.98 Å². The summed E-state index contributed by atoms with van der Waals surface area (Å²) >= 11 is 3.16. The van der Waals surface area contributed by atoms with Crippen molar-refractivity contribution in [3.63, 3.8) is 0 Å². The van der Waals surface area contributed by atoms with Crippen LogP contribution in [0, 0.1) is 12.3 Å². The van der Waals surface area contributed by atoms with E-state index in [1.807, 2.05) is 112 Å². The average molecular weight is 967 g/mol. The number of fused-ring (bicyclic) bond motifs is 1. The van der Waals surface area contributed by atoms with Gasteiger partial charge in [0.1, 0.15) is 48.3 Å². The second-order valence-electron chi connectivity index (χ2n) is 17.3. The first-order chi connectivity index (χ1) is 32.8.